The molecule has 1 atom stereocenters. The fourth-order valence-corrected chi connectivity index (χ4v) is 2.09. The van der Waals surface area contributed by atoms with Crippen LogP contribution in [0.25, 0.3) is 0 Å². The first kappa shape index (κ1) is 14.7. The summed E-state index contributed by atoms with van der Waals surface area (Å²) in [6.45, 7) is 10.2. The van der Waals surface area contributed by atoms with Gasteiger partial charge in [0.1, 0.15) is 0 Å². The van der Waals surface area contributed by atoms with Gasteiger partial charge >= 0.3 is 0 Å². The molecule has 0 aliphatic carbocycles. The molecule has 18 heavy (non-hydrogen) atoms. The molecule has 4 heteroatoms. The molecule has 0 aliphatic heterocycles. The molecule has 0 fully saturated rings. The zero-order chi connectivity index (χ0) is 13.7. The van der Waals surface area contributed by atoms with Crippen LogP contribution >= 0.6 is 0 Å². The second-order valence-electron chi connectivity index (χ2n) is 5.51. The van der Waals surface area contributed by atoms with Crippen molar-refractivity contribution < 1.29 is 4.79 Å². The van der Waals surface area contributed by atoms with Crippen LogP contribution in [0.5, 0.6) is 0 Å². The number of amides is 1. The van der Waals surface area contributed by atoms with Gasteiger partial charge in [0.15, 0.2) is 0 Å². The van der Waals surface area contributed by atoms with Gasteiger partial charge < -0.3 is 5.32 Å². The quantitative estimate of drug-likeness (QED) is 0.816. The lowest BCUT2D eigenvalue weighted by molar-refractivity contribution is 0.0936. The van der Waals surface area contributed by atoms with Gasteiger partial charge in [0, 0.05) is 11.7 Å². The summed E-state index contributed by atoms with van der Waals surface area (Å²) in [7, 11) is 0. The van der Waals surface area contributed by atoms with Gasteiger partial charge in [-0.15, -0.1) is 0 Å². The fourth-order valence-electron chi connectivity index (χ4n) is 2.09. The smallest absolute Gasteiger partial charge is 0.255 e. The molecule has 1 aromatic heterocycles. The van der Waals surface area contributed by atoms with E-state index in [9.17, 15) is 4.79 Å². The van der Waals surface area contributed by atoms with E-state index in [2.05, 4.69) is 36.3 Å². The Hall–Kier alpha value is -1.32. The van der Waals surface area contributed by atoms with E-state index in [1.54, 1.807) is 0 Å². The van der Waals surface area contributed by atoms with E-state index < -0.39 is 0 Å². The molecule has 102 valence electrons. The third kappa shape index (κ3) is 4.17. The Balaban J connectivity index is 2.45. The molecule has 0 bridgehead atoms. The number of nitrogens with one attached hydrogen (secondary N) is 2. The Kier molecular flexibility index (Phi) is 5.38. The second kappa shape index (κ2) is 6.57. The molecule has 0 aromatic carbocycles. The average Bonchev–Trinajstić information content (AvgIpc) is 2.57. The first-order valence-electron chi connectivity index (χ1n) is 6.74. The summed E-state index contributed by atoms with van der Waals surface area (Å²) in [5.74, 6) is 0.710. The minimum absolute atomic E-state index is 0.0178. The summed E-state index contributed by atoms with van der Waals surface area (Å²) in [6, 6.07) is 0.213. The van der Waals surface area contributed by atoms with Gasteiger partial charge in [0.2, 0.25) is 0 Å². The van der Waals surface area contributed by atoms with E-state index in [4.69, 9.17) is 0 Å². The van der Waals surface area contributed by atoms with Gasteiger partial charge in [0.05, 0.1) is 11.3 Å². The van der Waals surface area contributed by atoms with Crippen molar-refractivity contribution in [3.63, 3.8) is 0 Å². The summed E-state index contributed by atoms with van der Waals surface area (Å²) in [5, 5.41) is 9.92. The lowest BCUT2D eigenvalue weighted by Gasteiger charge is -2.14. The van der Waals surface area contributed by atoms with Crippen LogP contribution in [0.4, 0.5) is 0 Å². The Morgan fingerprint density at radius 3 is 2.44 bits per heavy atom. The maximum absolute atomic E-state index is 12.1. The van der Waals surface area contributed by atoms with Crippen LogP contribution < -0.4 is 5.32 Å². The SMILES string of the molecule is Cc1n[nH]c(C)c1C(=O)NC(C)CCCC(C)C. The molecule has 1 unspecified atom stereocenters. The van der Waals surface area contributed by atoms with Crippen LogP contribution in [0.2, 0.25) is 0 Å². The highest BCUT2D eigenvalue weighted by Gasteiger charge is 2.16. The number of hydrogen-bond acceptors (Lipinski definition) is 2. The van der Waals surface area contributed by atoms with Crippen LogP contribution in [0.15, 0.2) is 0 Å². The standard InChI is InChI=1S/C14H25N3O/c1-9(2)7-6-8-10(3)15-14(18)13-11(4)16-17-12(13)5/h9-10H,6-8H2,1-5H3,(H,15,18)(H,16,17). The summed E-state index contributed by atoms with van der Waals surface area (Å²) < 4.78 is 0. The highest BCUT2D eigenvalue weighted by Crippen LogP contribution is 2.11. The number of carbonyl (C=O) groups is 1. The van der Waals surface area contributed by atoms with Gasteiger partial charge in [-0.25, -0.2) is 0 Å². The number of nitrogens with zero attached hydrogens (tertiary/aromatic N) is 1. The maximum Gasteiger partial charge on any atom is 0.255 e. The minimum atomic E-state index is -0.0178. The van der Waals surface area contributed by atoms with Gasteiger partial charge in [-0.1, -0.05) is 26.7 Å². The first-order chi connectivity index (χ1) is 8.41. The molecule has 1 amide bonds. The van der Waals surface area contributed by atoms with E-state index in [-0.39, 0.29) is 11.9 Å². The Labute approximate surface area is 110 Å². The predicted octanol–water partition coefficient (Wildman–Crippen LogP) is 2.97. The number of aromatic nitrogens is 2. The van der Waals surface area contributed by atoms with E-state index >= 15 is 0 Å². The molecule has 0 radical (unpaired) electrons. The summed E-state index contributed by atoms with van der Waals surface area (Å²) in [6.07, 6.45) is 3.40. The van der Waals surface area contributed by atoms with E-state index in [1.165, 1.54) is 6.42 Å². The van der Waals surface area contributed by atoms with E-state index in [0.29, 0.717) is 5.56 Å². The molecule has 2 N–H and O–H groups in total. The molecule has 1 aromatic rings. The number of rotatable bonds is 6. The summed E-state index contributed by atoms with van der Waals surface area (Å²) >= 11 is 0. The topological polar surface area (TPSA) is 57.8 Å². The van der Waals surface area contributed by atoms with Crippen LogP contribution in [-0.4, -0.2) is 22.1 Å². The molecule has 0 aliphatic rings. The third-order valence-corrected chi connectivity index (χ3v) is 3.15. The monoisotopic (exact) mass is 251 g/mol. The van der Waals surface area contributed by atoms with Crippen molar-refractivity contribution in [2.24, 2.45) is 5.92 Å². The lowest BCUT2D eigenvalue weighted by atomic mass is 10.0. The molecule has 0 saturated heterocycles. The first-order valence-corrected chi connectivity index (χ1v) is 6.74. The van der Waals surface area contributed by atoms with E-state index in [1.807, 2.05) is 13.8 Å². The largest absolute Gasteiger partial charge is 0.349 e. The van der Waals surface area contributed by atoms with Crippen molar-refractivity contribution in [1.82, 2.24) is 15.5 Å². The molecule has 0 spiro atoms. The zero-order valence-electron chi connectivity index (χ0n) is 12.1. The summed E-state index contributed by atoms with van der Waals surface area (Å²) in [4.78, 5) is 12.1. The predicted molar refractivity (Wildman–Crippen MR) is 73.7 cm³/mol. The van der Waals surface area contributed by atoms with Crippen LogP contribution in [-0.2, 0) is 0 Å². The van der Waals surface area contributed by atoms with Crippen molar-refractivity contribution in [3.05, 3.63) is 17.0 Å². The minimum Gasteiger partial charge on any atom is -0.349 e. The van der Waals surface area contributed by atoms with Gasteiger partial charge in [-0.2, -0.15) is 5.10 Å². The number of carbonyl (C=O) groups excluding carboxylic acids is 1. The van der Waals surface area contributed by atoms with Crippen molar-refractivity contribution in [2.75, 3.05) is 0 Å². The zero-order valence-corrected chi connectivity index (χ0v) is 12.1. The Morgan fingerprint density at radius 2 is 1.94 bits per heavy atom. The second-order valence-corrected chi connectivity index (χ2v) is 5.51. The molecule has 4 nitrogen and oxygen atoms in total. The number of hydrogen-bond donors (Lipinski definition) is 2. The third-order valence-electron chi connectivity index (χ3n) is 3.15. The van der Waals surface area contributed by atoms with E-state index in [0.717, 1.165) is 30.1 Å². The van der Waals surface area contributed by atoms with Gasteiger partial charge in [-0.3, -0.25) is 9.89 Å². The normalized spacial score (nSPS) is 12.8. The summed E-state index contributed by atoms with van der Waals surface area (Å²) in [5.41, 5.74) is 2.28. The maximum atomic E-state index is 12.1. The highest BCUT2D eigenvalue weighted by molar-refractivity contribution is 5.96. The molecule has 1 rings (SSSR count). The van der Waals surface area contributed by atoms with Crippen LogP contribution in [0.3, 0.4) is 0 Å². The molecule has 0 saturated carbocycles. The average molecular weight is 251 g/mol. The highest BCUT2D eigenvalue weighted by atomic mass is 16.1. The van der Waals surface area contributed by atoms with Crippen LogP contribution in [0.1, 0.15) is 61.8 Å². The fraction of sp³-hybridized carbons (Fsp3) is 0.714. The number of H-pyrrole nitrogens is 1. The number of aromatic amines is 1. The van der Waals surface area contributed by atoms with Gasteiger partial charge in [-0.05, 0) is 33.1 Å². The number of aryl methyl sites for hydroxylation is 2. The van der Waals surface area contributed by atoms with Crippen LogP contribution in [0, 0.1) is 19.8 Å². The van der Waals surface area contributed by atoms with Crippen molar-refractivity contribution >= 4 is 5.91 Å². The lowest BCUT2D eigenvalue weighted by Crippen LogP contribution is -2.33. The van der Waals surface area contributed by atoms with Gasteiger partial charge in [0.25, 0.3) is 5.91 Å². The Morgan fingerprint density at radius 1 is 1.28 bits per heavy atom. The van der Waals surface area contributed by atoms with Crippen molar-refractivity contribution in [1.29, 1.82) is 0 Å². The Bertz CT molecular complexity index is 376. The van der Waals surface area contributed by atoms with Crippen molar-refractivity contribution in [2.45, 2.75) is 59.9 Å². The molecule has 1 heterocycles. The molecular weight excluding hydrogens is 226 g/mol. The van der Waals surface area contributed by atoms with Crippen molar-refractivity contribution in [3.8, 4) is 0 Å². The molecular formula is C14H25N3O.